The molecule has 0 N–H and O–H groups in total. The molecule has 0 aliphatic carbocycles. The fourth-order valence-electron chi connectivity index (χ4n) is 0.744. The van der Waals surface area contributed by atoms with Crippen LogP contribution < -0.4 is 0 Å². The summed E-state index contributed by atoms with van der Waals surface area (Å²) in [6, 6.07) is 1.81. The van der Waals surface area contributed by atoms with Gasteiger partial charge in [-0.3, -0.25) is 0 Å². The van der Waals surface area contributed by atoms with E-state index < -0.39 is 0 Å². The molecule has 0 aliphatic rings. The maximum absolute atomic E-state index is 5.03. The number of nitrogens with zero attached hydrogens (tertiary/aromatic N) is 2. The second-order valence-corrected chi connectivity index (χ2v) is 2.65. The Hall–Kier alpha value is -0.900. The summed E-state index contributed by atoms with van der Waals surface area (Å²) in [4.78, 5) is 7.84. The first-order chi connectivity index (χ1) is 4.88. The van der Waals surface area contributed by atoms with Gasteiger partial charge in [0.05, 0.1) is 4.47 Å². The van der Waals surface area contributed by atoms with Crippen LogP contribution in [0.2, 0.25) is 0 Å². The van der Waals surface area contributed by atoms with E-state index in [1.807, 2.05) is 6.07 Å². The number of hydrogen-bond acceptors (Lipinski definition) is 3. The molecule has 0 saturated heterocycles. The summed E-state index contributed by atoms with van der Waals surface area (Å²) in [5.41, 5.74) is 1.33. The van der Waals surface area contributed by atoms with Gasteiger partial charge in [-0.25, -0.2) is 4.98 Å². The van der Waals surface area contributed by atoms with Gasteiger partial charge in [0, 0.05) is 6.20 Å². The molecule has 10 heavy (non-hydrogen) atoms. The van der Waals surface area contributed by atoms with E-state index in [4.69, 9.17) is 4.42 Å². The standard InChI is InChI=1S/C6H3BrN2O/c7-4-1-2-8-6-5(4)10-3-9-6/h1-3H. The van der Waals surface area contributed by atoms with Crippen molar-refractivity contribution < 1.29 is 4.42 Å². The second-order valence-electron chi connectivity index (χ2n) is 1.80. The molecule has 0 radical (unpaired) electrons. The Labute approximate surface area is 65.2 Å². The van der Waals surface area contributed by atoms with Crippen LogP contribution in [0.3, 0.4) is 0 Å². The van der Waals surface area contributed by atoms with E-state index in [0.717, 1.165) is 4.47 Å². The zero-order chi connectivity index (χ0) is 6.97. The van der Waals surface area contributed by atoms with Crippen molar-refractivity contribution in [2.75, 3.05) is 0 Å². The van der Waals surface area contributed by atoms with Gasteiger partial charge in [0.25, 0.3) is 0 Å². The molecule has 4 heteroatoms. The van der Waals surface area contributed by atoms with E-state index in [1.165, 1.54) is 6.39 Å². The maximum atomic E-state index is 5.03. The van der Waals surface area contributed by atoms with E-state index in [9.17, 15) is 0 Å². The number of pyridine rings is 1. The Morgan fingerprint density at radius 2 is 2.30 bits per heavy atom. The molecule has 2 heterocycles. The molecule has 0 aromatic carbocycles. The first-order valence-corrected chi connectivity index (χ1v) is 3.51. The summed E-state index contributed by atoms with van der Waals surface area (Å²) in [7, 11) is 0. The van der Waals surface area contributed by atoms with Crippen LogP contribution >= 0.6 is 15.9 Å². The highest BCUT2D eigenvalue weighted by atomic mass is 79.9. The van der Waals surface area contributed by atoms with Crippen molar-refractivity contribution in [2.24, 2.45) is 0 Å². The van der Waals surface area contributed by atoms with Crippen molar-refractivity contribution >= 4 is 27.2 Å². The van der Waals surface area contributed by atoms with E-state index in [0.29, 0.717) is 11.2 Å². The molecule has 0 unspecified atom stereocenters. The third-order valence-corrected chi connectivity index (χ3v) is 1.81. The fourth-order valence-corrected chi connectivity index (χ4v) is 1.13. The number of hydrogen-bond donors (Lipinski definition) is 0. The number of aromatic nitrogens is 2. The maximum Gasteiger partial charge on any atom is 0.199 e. The van der Waals surface area contributed by atoms with Crippen LogP contribution in [0.15, 0.2) is 27.5 Å². The molecule has 3 nitrogen and oxygen atoms in total. The molecule has 0 saturated carbocycles. The van der Waals surface area contributed by atoms with Crippen LogP contribution in [0.4, 0.5) is 0 Å². The Kier molecular flexibility index (Phi) is 1.20. The molecule has 2 rings (SSSR count). The van der Waals surface area contributed by atoms with Gasteiger partial charge in [-0.1, -0.05) is 0 Å². The van der Waals surface area contributed by atoms with Crippen LogP contribution in [0.25, 0.3) is 11.2 Å². The van der Waals surface area contributed by atoms with Crippen molar-refractivity contribution in [1.82, 2.24) is 9.97 Å². The molecule has 50 valence electrons. The Bertz CT molecular complexity index is 357. The SMILES string of the molecule is Brc1ccnc2ncoc12. The Morgan fingerprint density at radius 1 is 1.40 bits per heavy atom. The van der Waals surface area contributed by atoms with Crippen molar-refractivity contribution in [3.05, 3.63) is 23.1 Å². The molecular formula is C6H3BrN2O. The third kappa shape index (κ3) is 0.724. The van der Waals surface area contributed by atoms with E-state index in [-0.39, 0.29) is 0 Å². The fraction of sp³-hybridized carbons (Fsp3) is 0. The minimum absolute atomic E-state index is 0.634. The van der Waals surface area contributed by atoms with Crippen molar-refractivity contribution in [3.8, 4) is 0 Å². The van der Waals surface area contributed by atoms with Gasteiger partial charge in [0.2, 0.25) is 0 Å². The largest absolute Gasteiger partial charge is 0.441 e. The lowest BCUT2D eigenvalue weighted by molar-refractivity contribution is 0.600. The van der Waals surface area contributed by atoms with Crippen LogP contribution in [0.5, 0.6) is 0 Å². The molecule has 0 bridgehead atoms. The lowest BCUT2D eigenvalue weighted by Crippen LogP contribution is -1.73. The summed E-state index contributed by atoms with van der Waals surface area (Å²) in [5.74, 6) is 0. The monoisotopic (exact) mass is 198 g/mol. The minimum Gasteiger partial charge on any atom is -0.441 e. The summed E-state index contributed by atoms with van der Waals surface area (Å²) in [6.45, 7) is 0. The van der Waals surface area contributed by atoms with Gasteiger partial charge < -0.3 is 4.42 Å². The first-order valence-electron chi connectivity index (χ1n) is 2.71. The zero-order valence-corrected chi connectivity index (χ0v) is 6.50. The van der Waals surface area contributed by atoms with Gasteiger partial charge in [-0.2, -0.15) is 4.98 Å². The van der Waals surface area contributed by atoms with Crippen LogP contribution in [0, 0.1) is 0 Å². The normalized spacial score (nSPS) is 10.5. The number of rotatable bonds is 0. The summed E-state index contributed by atoms with van der Waals surface area (Å²) < 4.78 is 5.91. The first kappa shape index (κ1) is 5.85. The smallest absolute Gasteiger partial charge is 0.199 e. The highest BCUT2D eigenvalue weighted by Crippen LogP contribution is 2.19. The molecule has 0 spiro atoms. The van der Waals surface area contributed by atoms with Crippen molar-refractivity contribution in [2.45, 2.75) is 0 Å². The van der Waals surface area contributed by atoms with Crippen molar-refractivity contribution in [1.29, 1.82) is 0 Å². The van der Waals surface area contributed by atoms with Crippen LogP contribution in [0.1, 0.15) is 0 Å². The van der Waals surface area contributed by atoms with Gasteiger partial charge >= 0.3 is 0 Å². The van der Waals surface area contributed by atoms with Crippen LogP contribution in [-0.4, -0.2) is 9.97 Å². The molecule has 0 aliphatic heterocycles. The van der Waals surface area contributed by atoms with Gasteiger partial charge in [0.15, 0.2) is 17.6 Å². The topological polar surface area (TPSA) is 38.9 Å². The average molecular weight is 199 g/mol. The lowest BCUT2D eigenvalue weighted by atomic mass is 10.5. The number of oxazole rings is 1. The summed E-state index contributed by atoms with van der Waals surface area (Å²) in [6.07, 6.45) is 3.05. The Morgan fingerprint density at radius 3 is 3.10 bits per heavy atom. The Balaban J connectivity index is 2.95. The predicted molar refractivity (Wildman–Crippen MR) is 39.5 cm³/mol. The molecule has 2 aromatic heterocycles. The van der Waals surface area contributed by atoms with E-state index in [1.54, 1.807) is 6.20 Å². The van der Waals surface area contributed by atoms with E-state index in [2.05, 4.69) is 25.9 Å². The lowest BCUT2D eigenvalue weighted by Gasteiger charge is -1.86. The molecular weight excluding hydrogens is 196 g/mol. The zero-order valence-electron chi connectivity index (χ0n) is 4.91. The van der Waals surface area contributed by atoms with Gasteiger partial charge in [-0.15, -0.1) is 0 Å². The highest BCUT2D eigenvalue weighted by molar-refractivity contribution is 9.10. The second kappa shape index (κ2) is 2.05. The van der Waals surface area contributed by atoms with E-state index >= 15 is 0 Å². The third-order valence-electron chi connectivity index (χ3n) is 1.18. The van der Waals surface area contributed by atoms with Crippen molar-refractivity contribution in [3.63, 3.8) is 0 Å². The highest BCUT2D eigenvalue weighted by Gasteiger charge is 2.01. The summed E-state index contributed by atoms with van der Waals surface area (Å²) >= 11 is 3.30. The molecule has 0 atom stereocenters. The number of halogens is 1. The molecule has 2 aromatic rings. The molecule has 0 amide bonds. The number of fused-ring (bicyclic) bond motifs is 1. The summed E-state index contributed by atoms with van der Waals surface area (Å²) in [5, 5.41) is 0. The predicted octanol–water partition coefficient (Wildman–Crippen LogP) is 1.99. The quantitative estimate of drug-likeness (QED) is 0.651. The average Bonchev–Trinajstić information content (AvgIpc) is 2.36. The van der Waals surface area contributed by atoms with Gasteiger partial charge in [0.1, 0.15) is 0 Å². The van der Waals surface area contributed by atoms with Crippen LogP contribution in [-0.2, 0) is 0 Å². The minimum atomic E-state index is 0.634. The molecule has 0 fully saturated rings. The van der Waals surface area contributed by atoms with Gasteiger partial charge in [-0.05, 0) is 22.0 Å².